The molecule has 0 saturated heterocycles. The molecule has 1 aromatic heterocycles. The van der Waals surface area contributed by atoms with Gasteiger partial charge in [0.15, 0.2) is 5.82 Å². The number of fused-ring (bicyclic) bond motifs is 1. The minimum absolute atomic E-state index is 0.0847. The molecule has 8 heteroatoms. The number of aromatic hydroxyl groups is 1. The van der Waals surface area contributed by atoms with Crippen molar-refractivity contribution in [2.45, 2.75) is 75.7 Å². The molecule has 5 rings (SSSR count). The fraction of sp³-hybridized carbons (Fsp3) is 0.545. The minimum Gasteiger partial charge on any atom is -0.507 e. The maximum Gasteiger partial charge on any atom is 0.263 e. The quantitative estimate of drug-likeness (QED) is 0.694. The largest absolute Gasteiger partial charge is 0.507 e. The number of phenolic OH excluding ortho intramolecular Hbond substituents is 1. The molecule has 2 saturated carbocycles. The van der Waals surface area contributed by atoms with Crippen LogP contribution in [0.25, 0.3) is 11.3 Å². The number of nitrogens with zero attached hydrogens (tertiary/aromatic N) is 2. The van der Waals surface area contributed by atoms with E-state index in [0.29, 0.717) is 30.1 Å². The second kappa shape index (κ2) is 7.42. The number of hydrogen-bond acceptors (Lipinski definition) is 6. The van der Waals surface area contributed by atoms with Gasteiger partial charge in [-0.25, -0.2) is 8.78 Å². The molecule has 1 spiro atoms. The van der Waals surface area contributed by atoms with Gasteiger partial charge in [0.1, 0.15) is 11.4 Å². The average molecular weight is 417 g/mol. The van der Waals surface area contributed by atoms with Crippen LogP contribution in [0.3, 0.4) is 0 Å². The molecule has 2 aliphatic carbocycles. The lowest BCUT2D eigenvalue weighted by Gasteiger charge is -2.32. The third kappa shape index (κ3) is 3.52. The van der Waals surface area contributed by atoms with Crippen LogP contribution in [0.1, 0.15) is 61.6 Å². The number of anilines is 1. The fourth-order valence-electron chi connectivity index (χ4n) is 4.58. The van der Waals surface area contributed by atoms with E-state index in [-0.39, 0.29) is 23.0 Å². The Kier molecular flexibility index (Phi) is 4.86. The van der Waals surface area contributed by atoms with Gasteiger partial charge in [-0.3, -0.25) is 0 Å². The van der Waals surface area contributed by atoms with Crippen LogP contribution in [0.2, 0.25) is 0 Å². The fourth-order valence-corrected chi connectivity index (χ4v) is 4.58. The number of hydrogen-bond donors (Lipinski definition) is 3. The van der Waals surface area contributed by atoms with Gasteiger partial charge < -0.3 is 20.3 Å². The molecule has 3 aliphatic rings. The second-order valence-electron chi connectivity index (χ2n) is 8.68. The average Bonchev–Trinajstić information content (AvgIpc) is 3.48. The van der Waals surface area contributed by atoms with E-state index in [1.54, 1.807) is 0 Å². The molecule has 2 atom stereocenters. The predicted molar refractivity (Wildman–Crippen MR) is 106 cm³/mol. The molecule has 0 bridgehead atoms. The van der Waals surface area contributed by atoms with E-state index in [1.165, 1.54) is 12.1 Å². The molecule has 0 unspecified atom stereocenters. The summed E-state index contributed by atoms with van der Waals surface area (Å²) in [4.78, 5) is 0. The maximum atomic E-state index is 13.0. The van der Waals surface area contributed by atoms with Crippen LogP contribution in [0.15, 0.2) is 18.2 Å². The van der Waals surface area contributed by atoms with Crippen molar-refractivity contribution in [2.24, 2.45) is 0 Å². The summed E-state index contributed by atoms with van der Waals surface area (Å²) in [5.74, 6) is 0.364. The molecule has 0 radical (unpaired) electrons. The summed E-state index contributed by atoms with van der Waals surface area (Å²) >= 11 is 0. The lowest BCUT2D eigenvalue weighted by atomic mass is 9.91. The number of halogens is 2. The van der Waals surface area contributed by atoms with E-state index in [2.05, 4.69) is 15.5 Å². The van der Waals surface area contributed by atoms with Crippen LogP contribution in [0.5, 0.6) is 5.75 Å². The van der Waals surface area contributed by atoms with Crippen LogP contribution in [-0.4, -0.2) is 38.2 Å². The van der Waals surface area contributed by atoms with Crippen LogP contribution in [0, 0.1) is 0 Å². The van der Waals surface area contributed by atoms with Crippen LogP contribution < -0.4 is 5.32 Å². The first-order valence-electron chi connectivity index (χ1n) is 10.5. The molecule has 6 nitrogen and oxygen atoms in total. The Morgan fingerprint density at radius 2 is 1.93 bits per heavy atom. The van der Waals surface area contributed by atoms with Crippen LogP contribution in [0.4, 0.5) is 14.6 Å². The third-order valence-corrected chi connectivity index (χ3v) is 6.60. The van der Waals surface area contributed by atoms with Gasteiger partial charge in [-0.1, -0.05) is 18.9 Å². The van der Waals surface area contributed by atoms with Gasteiger partial charge in [-0.05, 0) is 43.4 Å². The second-order valence-corrected chi connectivity index (χ2v) is 8.68. The minimum atomic E-state index is -2.65. The van der Waals surface area contributed by atoms with E-state index in [4.69, 9.17) is 4.74 Å². The monoisotopic (exact) mass is 417 g/mol. The highest BCUT2D eigenvalue weighted by Crippen LogP contribution is 2.49. The normalized spacial score (nSPS) is 24.7. The summed E-state index contributed by atoms with van der Waals surface area (Å²) in [6, 6.07) is 3.79. The van der Waals surface area contributed by atoms with Crippen molar-refractivity contribution in [2.75, 3.05) is 5.32 Å². The first-order valence-corrected chi connectivity index (χ1v) is 10.5. The number of benzene rings is 1. The highest BCUT2D eigenvalue weighted by Gasteiger charge is 2.48. The molecule has 2 heterocycles. The van der Waals surface area contributed by atoms with Gasteiger partial charge in [0.25, 0.3) is 6.43 Å². The van der Waals surface area contributed by atoms with Gasteiger partial charge in [-0.15, -0.1) is 10.2 Å². The molecule has 2 aromatic rings. The molecule has 160 valence electrons. The van der Waals surface area contributed by atoms with Crippen molar-refractivity contribution in [3.63, 3.8) is 0 Å². The van der Waals surface area contributed by atoms with Gasteiger partial charge >= 0.3 is 0 Å². The molecule has 2 fully saturated rings. The van der Waals surface area contributed by atoms with E-state index >= 15 is 0 Å². The predicted octanol–water partition coefficient (Wildman–Crippen LogP) is 4.11. The van der Waals surface area contributed by atoms with Gasteiger partial charge in [0, 0.05) is 23.1 Å². The summed E-state index contributed by atoms with van der Waals surface area (Å²) in [7, 11) is 0. The Balaban J connectivity index is 1.54. The Bertz CT molecular complexity index is 965. The van der Waals surface area contributed by atoms with Crippen molar-refractivity contribution in [3.8, 4) is 17.0 Å². The van der Waals surface area contributed by atoms with Crippen molar-refractivity contribution >= 4 is 5.82 Å². The van der Waals surface area contributed by atoms with Crippen molar-refractivity contribution in [1.82, 2.24) is 10.2 Å². The standard InChI is InChI=1S/C22H25F2N3O3/c23-20(24)12-5-6-13(18(29)9-12)19-14-10-22(7-8-22)30-11-15(14)21(27-26-19)25-16-3-1-2-4-17(16)28/h5-6,9,16-17,20,28-29H,1-4,7-8,10-11H2,(H,25,27)/t16-,17-/m1/s1. The zero-order valence-electron chi connectivity index (χ0n) is 16.6. The molecular weight excluding hydrogens is 392 g/mol. The highest BCUT2D eigenvalue weighted by atomic mass is 19.3. The SMILES string of the molecule is Oc1cc(C(F)F)ccc1-c1nnc(N[C@@H]2CCCC[C@H]2O)c2c1CC1(CC1)OC2. The van der Waals surface area contributed by atoms with Gasteiger partial charge in [0.05, 0.1) is 24.4 Å². The van der Waals surface area contributed by atoms with Gasteiger partial charge in [0.2, 0.25) is 0 Å². The zero-order chi connectivity index (χ0) is 20.9. The van der Waals surface area contributed by atoms with Gasteiger partial charge in [-0.2, -0.15) is 0 Å². The summed E-state index contributed by atoms with van der Waals surface area (Å²) in [5.41, 5.74) is 2.28. The Morgan fingerprint density at radius 1 is 1.13 bits per heavy atom. The highest BCUT2D eigenvalue weighted by molar-refractivity contribution is 5.73. The Morgan fingerprint density at radius 3 is 2.63 bits per heavy atom. The lowest BCUT2D eigenvalue weighted by molar-refractivity contribution is 0.00823. The summed E-state index contributed by atoms with van der Waals surface area (Å²) in [6.45, 7) is 0.374. The number of alkyl halides is 2. The van der Waals surface area contributed by atoms with Crippen LogP contribution >= 0.6 is 0 Å². The first kappa shape index (κ1) is 19.6. The van der Waals surface area contributed by atoms with Crippen LogP contribution in [-0.2, 0) is 17.8 Å². The van der Waals surface area contributed by atoms with E-state index in [9.17, 15) is 19.0 Å². The molecule has 0 amide bonds. The molecular formula is C22H25F2N3O3. The Labute approximate surface area is 173 Å². The number of aromatic nitrogens is 2. The lowest BCUT2D eigenvalue weighted by Crippen LogP contribution is -2.37. The topological polar surface area (TPSA) is 87.5 Å². The maximum absolute atomic E-state index is 13.0. The molecule has 1 aromatic carbocycles. The first-order chi connectivity index (χ1) is 14.5. The summed E-state index contributed by atoms with van der Waals surface area (Å²) < 4.78 is 32.1. The molecule has 3 N–H and O–H groups in total. The van der Waals surface area contributed by atoms with Crippen molar-refractivity contribution in [1.29, 1.82) is 0 Å². The third-order valence-electron chi connectivity index (χ3n) is 6.60. The smallest absolute Gasteiger partial charge is 0.263 e. The number of phenols is 1. The summed E-state index contributed by atoms with van der Waals surface area (Å²) in [6.07, 6.45) is 3.18. The Hall–Kier alpha value is -2.32. The zero-order valence-corrected chi connectivity index (χ0v) is 16.6. The van der Waals surface area contributed by atoms with Crippen molar-refractivity contribution < 1.29 is 23.7 Å². The number of aliphatic hydroxyl groups excluding tert-OH is 1. The van der Waals surface area contributed by atoms with E-state index in [1.807, 2.05) is 0 Å². The molecule has 30 heavy (non-hydrogen) atoms. The van der Waals surface area contributed by atoms with E-state index < -0.39 is 12.5 Å². The summed E-state index contributed by atoms with van der Waals surface area (Å²) in [5, 5.41) is 32.9. The van der Waals surface area contributed by atoms with Crippen molar-refractivity contribution in [3.05, 3.63) is 34.9 Å². The number of rotatable bonds is 4. The number of ether oxygens (including phenoxy) is 1. The number of nitrogens with one attached hydrogen (secondary N) is 1. The number of aliphatic hydroxyl groups is 1. The van der Waals surface area contributed by atoms with E-state index in [0.717, 1.165) is 55.7 Å². The molecule has 1 aliphatic heterocycles.